The van der Waals surface area contributed by atoms with E-state index < -0.39 is 0 Å². The normalized spacial score (nSPS) is 21.0. The minimum atomic E-state index is -0.281. The molecule has 1 amide bonds. The number of methoxy groups -OCH3 is 1. The van der Waals surface area contributed by atoms with Crippen molar-refractivity contribution in [2.45, 2.75) is 38.5 Å². The van der Waals surface area contributed by atoms with Gasteiger partial charge in [-0.3, -0.25) is 4.79 Å². The lowest BCUT2D eigenvalue weighted by atomic mass is 9.75. The number of carbonyl (C=O) groups is 1. The minimum Gasteiger partial charge on any atom is -0.481 e. The SMILES string of the molecule is COc1ccc([C@@H](NC(=O)Cn2ccnc2C)C2CC(O)C2)cn1. The summed E-state index contributed by atoms with van der Waals surface area (Å²) in [5.74, 6) is 1.46. The summed E-state index contributed by atoms with van der Waals surface area (Å²) in [5.41, 5.74) is 0.920. The van der Waals surface area contributed by atoms with Gasteiger partial charge in [-0.05, 0) is 31.2 Å². The third kappa shape index (κ3) is 3.56. The van der Waals surface area contributed by atoms with E-state index in [0.717, 1.165) is 11.4 Å². The molecule has 24 heavy (non-hydrogen) atoms. The van der Waals surface area contributed by atoms with Crippen LogP contribution in [-0.4, -0.2) is 38.8 Å². The quantitative estimate of drug-likeness (QED) is 0.831. The van der Waals surface area contributed by atoms with E-state index in [1.165, 1.54) is 0 Å². The van der Waals surface area contributed by atoms with Gasteiger partial charge in [0.2, 0.25) is 11.8 Å². The van der Waals surface area contributed by atoms with Crippen molar-refractivity contribution >= 4 is 5.91 Å². The molecule has 1 fully saturated rings. The van der Waals surface area contributed by atoms with Crippen LogP contribution in [0.25, 0.3) is 0 Å². The summed E-state index contributed by atoms with van der Waals surface area (Å²) in [4.78, 5) is 20.8. The lowest BCUT2D eigenvalue weighted by Gasteiger charge is -2.38. The molecule has 128 valence electrons. The maximum atomic E-state index is 12.4. The molecule has 0 saturated heterocycles. The Bertz CT molecular complexity index is 692. The number of aryl methyl sites for hydroxylation is 1. The number of nitrogens with zero attached hydrogens (tertiary/aromatic N) is 3. The zero-order chi connectivity index (χ0) is 17.1. The van der Waals surface area contributed by atoms with Gasteiger partial charge in [0, 0.05) is 24.7 Å². The van der Waals surface area contributed by atoms with Crippen LogP contribution in [0.1, 0.15) is 30.3 Å². The van der Waals surface area contributed by atoms with E-state index in [9.17, 15) is 9.90 Å². The summed E-state index contributed by atoms with van der Waals surface area (Å²) < 4.78 is 6.88. The van der Waals surface area contributed by atoms with Gasteiger partial charge in [-0.2, -0.15) is 0 Å². The minimum absolute atomic E-state index is 0.0849. The van der Waals surface area contributed by atoms with Gasteiger partial charge in [0.15, 0.2) is 0 Å². The van der Waals surface area contributed by atoms with Crippen LogP contribution < -0.4 is 10.1 Å². The maximum absolute atomic E-state index is 12.4. The van der Waals surface area contributed by atoms with Crippen LogP contribution in [0, 0.1) is 12.8 Å². The first-order valence-corrected chi connectivity index (χ1v) is 8.02. The molecule has 0 aliphatic heterocycles. The second kappa shape index (κ2) is 7.00. The highest BCUT2D eigenvalue weighted by molar-refractivity contribution is 5.76. The third-order valence-corrected chi connectivity index (χ3v) is 4.50. The first kappa shape index (κ1) is 16.4. The fraction of sp³-hybridized carbons (Fsp3) is 0.471. The van der Waals surface area contributed by atoms with E-state index in [1.54, 1.807) is 36.3 Å². The average molecular weight is 330 g/mol. The Balaban J connectivity index is 1.72. The first-order chi connectivity index (χ1) is 11.6. The molecule has 0 bridgehead atoms. The highest BCUT2D eigenvalue weighted by Crippen LogP contribution is 2.38. The Morgan fingerprint density at radius 3 is 2.79 bits per heavy atom. The molecule has 2 N–H and O–H groups in total. The molecule has 0 radical (unpaired) electrons. The fourth-order valence-electron chi connectivity index (χ4n) is 3.02. The van der Waals surface area contributed by atoms with Gasteiger partial charge in [-0.15, -0.1) is 0 Å². The van der Waals surface area contributed by atoms with Crippen molar-refractivity contribution in [1.29, 1.82) is 0 Å². The van der Waals surface area contributed by atoms with Crippen molar-refractivity contribution in [2.24, 2.45) is 5.92 Å². The number of aliphatic hydroxyl groups excluding tert-OH is 1. The molecule has 1 saturated carbocycles. The number of aliphatic hydroxyl groups is 1. The highest BCUT2D eigenvalue weighted by Gasteiger charge is 2.35. The lowest BCUT2D eigenvalue weighted by Crippen LogP contribution is -2.42. The molecule has 1 aliphatic carbocycles. The van der Waals surface area contributed by atoms with Gasteiger partial charge < -0.3 is 19.7 Å². The number of hydrogen-bond acceptors (Lipinski definition) is 5. The zero-order valence-corrected chi connectivity index (χ0v) is 13.8. The second-order valence-corrected chi connectivity index (χ2v) is 6.17. The summed E-state index contributed by atoms with van der Waals surface area (Å²) in [6.45, 7) is 2.08. The second-order valence-electron chi connectivity index (χ2n) is 6.17. The van der Waals surface area contributed by atoms with Crippen molar-refractivity contribution in [3.8, 4) is 5.88 Å². The monoisotopic (exact) mass is 330 g/mol. The van der Waals surface area contributed by atoms with Crippen molar-refractivity contribution in [3.05, 3.63) is 42.1 Å². The van der Waals surface area contributed by atoms with E-state index in [4.69, 9.17) is 4.74 Å². The van der Waals surface area contributed by atoms with Crippen LogP contribution in [0.2, 0.25) is 0 Å². The van der Waals surface area contributed by atoms with Gasteiger partial charge in [0.25, 0.3) is 0 Å². The fourth-order valence-corrected chi connectivity index (χ4v) is 3.02. The number of hydrogen-bond donors (Lipinski definition) is 2. The molecule has 1 aliphatic rings. The molecule has 7 heteroatoms. The summed E-state index contributed by atoms with van der Waals surface area (Å²) in [6.07, 6.45) is 6.26. The third-order valence-electron chi connectivity index (χ3n) is 4.50. The van der Waals surface area contributed by atoms with Crippen LogP contribution in [0.3, 0.4) is 0 Å². The Labute approximate surface area is 140 Å². The molecule has 2 aromatic heterocycles. The molecular formula is C17H22N4O3. The van der Waals surface area contributed by atoms with Crippen LogP contribution in [0.15, 0.2) is 30.7 Å². The molecule has 2 aromatic rings. The summed E-state index contributed by atoms with van der Waals surface area (Å²) in [5, 5.41) is 12.7. The topological polar surface area (TPSA) is 89.3 Å². The number of ether oxygens (including phenoxy) is 1. The molecule has 7 nitrogen and oxygen atoms in total. The van der Waals surface area contributed by atoms with Crippen molar-refractivity contribution in [1.82, 2.24) is 19.9 Å². The molecule has 1 atom stereocenters. The molecular weight excluding hydrogens is 308 g/mol. The Hall–Kier alpha value is -2.41. The standard InChI is InChI=1S/C17H22N4O3/c1-11-18-5-6-21(11)10-15(23)20-17(13-7-14(22)8-13)12-3-4-16(24-2)19-9-12/h3-6,9,13-14,17,22H,7-8,10H2,1-2H3,(H,20,23)/t13?,14?,17-/m1/s1. The van der Waals surface area contributed by atoms with Crippen molar-refractivity contribution < 1.29 is 14.6 Å². The molecule has 0 unspecified atom stereocenters. The van der Waals surface area contributed by atoms with E-state index in [1.807, 2.05) is 13.0 Å². The summed E-state index contributed by atoms with van der Waals surface area (Å²) >= 11 is 0. The first-order valence-electron chi connectivity index (χ1n) is 8.02. The van der Waals surface area contributed by atoms with Gasteiger partial charge in [0.05, 0.1) is 19.3 Å². The molecule has 3 rings (SSSR count). The molecule has 2 heterocycles. The average Bonchev–Trinajstić information content (AvgIpc) is 2.95. The number of carbonyl (C=O) groups excluding carboxylic acids is 1. The Morgan fingerprint density at radius 1 is 1.46 bits per heavy atom. The van der Waals surface area contributed by atoms with Gasteiger partial charge in [0.1, 0.15) is 12.4 Å². The van der Waals surface area contributed by atoms with Crippen LogP contribution in [-0.2, 0) is 11.3 Å². The Morgan fingerprint density at radius 2 is 2.25 bits per heavy atom. The van der Waals surface area contributed by atoms with Gasteiger partial charge >= 0.3 is 0 Å². The highest BCUT2D eigenvalue weighted by atomic mass is 16.5. The number of amides is 1. The predicted octanol–water partition coefficient (Wildman–Crippen LogP) is 1.22. The van der Waals surface area contributed by atoms with E-state index >= 15 is 0 Å². The summed E-state index contributed by atoms with van der Waals surface area (Å²) in [7, 11) is 1.57. The lowest BCUT2D eigenvalue weighted by molar-refractivity contribution is -0.123. The van der Waals surface area contributed by atoms with Gasteiger partial charge in [-0.1, -0.05) is 6.07 Å². The summed E-state index contributed by atoms with van der Waals surface area (Å²) in [6, 6.07) is 3.52. The Kier molecular flexibility index (Phi) is 4.80. The number of aromatic nitrogens is 3. The number of nitrogens with one attached hydrogen (secondary N) is 1. The molecule has 0 spiro atoms. The maximum Gasteiger partial charge on any atom is 0.240 e. The van der Waals surface area contributed by atoms with Crippen molar-refractivity contribution in [3.63, 3.8) is 0 Å². The van der Waals surface area contributed by atoms with E-state index in [-0.39, 0.29) is 30.5 Å². The van der Waals surface area contributed by atoms with E-state index in [2.05, 4.69) is 15.3 Å². The van der Waals surface area contributed by atoms with Crippen LogP contribution >= 0.6 is 0 Å². The largest absolute Gasteiger partial charge is 0.481 e. The van der Waals surface area contributed by atoms with Gasteiger partial charge in [-0.25, -0.2) is 9.97 Å². The molecule has 0 aromatic carbocycles. The van der Waals surface area contributed by atoms with Crippen molar-refractivity contribution in [2.75, 3.05) is 7.11 Å². The number of imidazole rings is 1. The van der Waals surface area contributed by atoms with Crippen LogP contribution in [0.5, 0.6) is 5.88 Å². The smallest absolute Gasteiger partial charge is 0.240 e. The number of pyridine rings is 1. The predicted molar refractivity (Wildman–Crippen MR) is 87.4 cm³/mol. The zero-order valence-electron chi connectivity index (χ0n) is 13.8. The number of rotatable bonds is 6. The van der Waals surface area contributed by atoms with Crippen LogP contribution in [0.4, 0.5) is 0 Å². The van der Waals surface area contributed by atoms with E-state index in [0.29, 0.717) is 18.7 Å².